The first-order valence-corrected chi connectivity index (χ1v) is 7.62. The van der Waals surface area contributed by atoms with E-state index < -0.39 is 0 Å². The Labute approximate surface area is 127 Å². The summed E-state index contributed by atoms with van der Waals surface area (Å²) in [6.45, 7) is 12.8. The van der Waals surface area contributed by atoms with Gasteiger partial charge in [-0.05, 0) is 30.9 Å². The van der Waals surface area contributed by atoms with Gasteiger partial charge in [0.25, 0.3) is 5.56 Å². The Morgan fingerprint density at radius 3 is 2.33 bits per heavy atom. The van der Waals surface area contributed by atoms with Crippen LogP contribution in [0.1, 0.15) is 51.4 Å². The van der Waals surface area contributed by atoms with Gasteiger partial charge in [-0.3, -0.25) is 9.89 Å². The number of benzene rings is 1. The van der Waals surface area contributed by atoms with Crippen LogP contribution in [-0.2, 0) is 11.8 Å². The molecule has 0 atom stereocenters. The van der Waals surface area contributed by atoms with Crippen LogP contribution in [0.2, 0.25) is 0 Å². The van der Waals surface area contributed by atoms with Crippen molar-refractivity contribution in [1.82, 2.24) is 9.78 Å². The summed E-state index contributed by atoms with van der Waals surface area (Å²) >= 11 is 0. The van der Waals surface area contributed by atoms with Gasteiger partial charge in [0.15, 0.2) is 0 Å². The molecule has 1 aromatic carbocycles. The van der Waals surface area contributed by atoms with Gasteiger partial charge in [-0.2, -0.15) is 0 Å². The maximum absolute atomic E-state index is 12.9. The standard InChI is InChI=1S/C18H26N2O/c1-12(2)11-14-16(18(4,5)6)19-20(17(14)21)15-10-8-7-9-13(15)3/h7-10,12,19H,11H2,1-6H3. The Bertz CT molecular complexity index is 684. The number of aryl methyl sites for hydroxylation is 1. The Morgan fingerprint density at radius 2 is 1.81 bits per heavy atom. The number of nitrogens with one attached hydrogen (secondary N) is 1. The van der Waals surface area contributed by atoms with E-state index in [1.807, 2.05) is 31.2 Å². The fraction of sp³-hybridized carbons (Fsp3) is 0.500. The molecule has 1 heterocycles. The molecule has 0 aliphatic heterocycles. The highest BCUT2D eigenvalue weighted by molar-refractivity contribution is 5.41. The molecule has 0 spiro atoms. The van der Waals surface area contributed by atoms with Gasteiger partial charge in [-0.15, -0.1) is 0 Å². The average Bonchev–Trinajstić information content (AvgIpc) is 2.67. The molecule has 0 aliphatic rings. The number of nitrogens with zero attached hydrogens (tertiary/aromatic N) is 1. The van der Waals surface area contributed by atoms with Crippen molar-refractivity contribution < 1.29 is 0 Å². The normalized spacial score (nSPS) is 12.1. The van der Waals surface area contributed by atoms with Crippen LogP contribution in [0.4, 0.5) is 0 Å². The molecule has 1 aromatic heterocycles. The fourth-order valence-corrected chi connectivity index (χ4v) is 2.67. The van der Waals surface area contributed by atoms with E-state index in [-0.39, 0.29) is 11.0 Å². The number of H-pyrrole nitrogens is 1. The minimum Gasteiger partial charge on any atom is -0.294 e. The minimum atomic E-state index is -0.0721. The molecule has 114 valence electrons. The van der Waals surface area contributed by atoms with Crippen LogP contribution in [-0.4, -0.2) is 9.78 Å². The lowest BCUT2D eigenvalue weighted by Crippen LogP contribution is -2.20. The zero-order valence-electron chi connectivity index (χ0n) is 13.9. The summed E-state index contributed by atoms with van der Waals surface area (Å²) in [5.74, 6) is 0.458. The lowest BCUT2D eigenvalue weighted by molar-refractivity contribution is 0.545. The Balaban J connectivity index is 2.68. The molecule has 0 bridgehead atoms. The highest BCUT2D eigenvalue weighted by atomic mass is 16.1. The first-order chi connectivity index (χ1) is 9.71. The lowest BCUT2D eigenvalue weighted by atomic mass is 9.87. The van der Waals surface area contributed by atoms with Crippen molar-refractivity contribution >= 4 is 0 Å². The summed E-state index contributed by atoms with van der Waals surface area (Å²) in [5.41, 5.74) is 4.01. The summed E-state index contributed by atoms with van der Waals surface area (Å²) in [5, 5.41) is 3.36. The van der Waals surface area contributed by atoms with Gasteiger partial charge in [-0.1, -0.05) is 52.8 Å². The maximum Gasteiger partial charge on any atom is 0.274 e. The first kappa shape index (κ1) is 15.6. The summed E-state index contributed by atoms with van der Waals surface area (Å²) in [7, 11) is 0. The summed E-state index contributed by atoms with van der Waals surface area (Å²) in [6.07, 6.45) is 0.806. The second-order valence-corrected chi connectivity index (χ2v) is 7.24. The lowest BCUT2D eigenvalue weighted by Gasteiger charge is -2.19. The minimum absolute atomic E-state index is 0.0721. The van der Waals surface area contributed by atoms with E-state index in [0.29, 0.717) is 5.92 Å². The molecule has 2 aromatic rings. The van der Waals surface area contributed by atoms with Crippen LogP contribution in [0.5, 0.6) is 0 Å². The van der Waals surface area contributed by atoms with Crippen LogP contribution < -0.4 is 5.56 Å². The third-order valence-electron chi connectivity index (χ3n) is 3.71. The zero-order valence-corrected chi connectivity index (χ0v) is 13.9. The first-order valence-electron chi connectivity index (χ1n) is 7.62. The molecule has 0 amide bonds. The highest BCUT2D eigenvalue weighted by Gasteiger charge is 2.25. The van der Waals surface area contributed by atoms with Gasteiger partial charge >= 0.3 is 0 Å². The van der Waals surface area contributed by atoms with Crippen molar-refractivity contribution in [2.45, 2.75) is 53.4 Å². The van der Waals surface area contributed by atoms with E-state index in [2.05, 4.69) is 39.7 Å². The molecule has 3 nitrogen and oxygen atoms in total. The van der Waals surface area contributed by atoms with Crippen LogP contribution in [0, 0.1) is 12.8 Å². The van der Waals surface area contributed by atoms with E-state index in [1.165, 1.54) is 0 Å². The van der Waals surface area contributed by atoms with Gasteiger partial charge in [0, 0.05) is 16.7 Å². The predicted octanol–water partition coefficient (Wildman–Crippen LogP) is 3.97. The van der Waals surface area contributed by atoms with E-state index in [1.54, 1.807) is 4.68 Å². The van der Waals surface area contributed by atoms with Gasteiger partial charge < -0.3 is 0 Å². The third kappa shape index (κ3) is 3.12. The second kappa shape index (κ2) is 5.55. The molecule has 0 saturated carbocycles. The van der Waals surface area contributed by atoms with Crippen molar-refractivity contribution in [3.63, 3.8) is 0 Å². The molecular weight excluding hydrogens is 260 g/mol. The van der Waals surface area contributed by atoms with Crippen molar-refractivity contribution in [3.8, 4) is 5.69 Å². The van der Waals surface area contributed by atoms with Gasteiger partial charge in [0.2, 0.25) is 0 Å². The SMILES string of the molecule is Cc1ccccc1-n1[nH]c(C(C)(C)C)c(CC(C)C)c1=O. The number of hydrogen-bond acceptors (Lipinski definition) is 1. The maximum atomic E-state index is 12.9. The Hall–Kier alpha value is -1.77. The van der Waals surface area contributed by atoms with Crippen molar-refractivity contribution in [1.29, 1.82) is 0 Å². The monoisotopic (exact) mass is 286 g/mol. The molecule has 0 radical (unpaired) electrons. The fourth-order valence-electron chi connectivity index (χ4n) is 2.67. The smallest absolute Gasteiger partial charge is 0.274 e. The summed E-state index contributed by atoms with van der Waals surface area (Å²) in [4.78, 5) is 12.9. The van der Waals surface area contributed by atoms with E-state index in [0.717, 1.165) is 28.9 Å². The largest absolute Gasteiger partial charge is 0.294 e. The molecule has 0 unspecified atom stereocenters. The Morgan fingerprint density at radius 1 is 1.19 bits per heavy atom. The Kier molecular flexibility index (Phi) is 4.13. The van der Waals surface area contributed by atoms with Gasteiger partial charge in [-0.25, -0.2) is 4.68 Å². The summed E-state index contributed by atoms with van der Waals surface area (Å²) < 4.78 is 1.70. The van der Waals surface area contributed by atoms with Gasteiger partial charge in [0.1, 0.15) is 0 Å². The van der Waals surface area contributed by atoms with Gasteiger partial charge in [0.05, 0.1) is 5.69 Å². The van der Waals surface area contributed by atoms with Crippen LogP contribution >= 0.6 is 0 Å². The second-order valence-electron chi connectivity index (χ2n) is 7.24. The molecule has 0 saturated heterocycles. The number of para-hydroxylation sites is 1. The third-order valence-corrected chi connectivity index (χ3v) is 3.71. The van der Waals surface area contributed by atoms with Crippen LogP contribution in [0.15, 0.2) is 29.1 Å². The molecule has 0 fully saturated rings. The average molecular weight is 286 g/mol. The van der Waals surface area contributed by atoms with E-state index in [4.69, 9.17) is 0 Å². The van der Waals surface area contributed by atoms with E-state index >= 15 is 0 Å². The number of hydrogen-bond donors (Lipinski definition) is 1. The molecular formula is C18H26N2O. The quantitative estimate of drug-likeness (QED) is 0.911. The topological polar surface area (TPSA) is 37.8 Å². The molecule has 21 heavy (non-hydrogen) atoms. The van der Waals surface area contributed by atoms with Crippen molar-refractivity contribution in [2.75, 3.05) is 0 Å². The number of aromatic nitrogens is 2. The molecule has 2 rings (SSSR count). The van der Waals surface area contributed by atoms with E-state index in [9.17, 15) is 4.79 Å². The molecule has 3 heteroatoms. The van der Waals surface area contributed by atoms with Crippen molar-refractivity contribution in [3.05, 3.63) is 51.4 Å². The number of rotatable bonds is 3. The summed E-state index contributed by atoms with van der Waals surface area (Å²) in [6, 6.07) is 7.97. The molecule has 1 N–H and O–H groups in total. The van der Waals surface area contributed by atoms with Crippen LogP contribution in [0.25, 0.3) is 5.69 Å². The predicted molar refractivity (Wildman–Crippen MR) is 88.4 cm³/mol. The number of aromatic amines is 1. The van der Waals surface area contributed by atoms with Crippen LogP contribution in [0.3, 0.4) is 0 Å². The highest BCUT2D eigenvalue weighted by Crippen LogP contribution is 2.25. The van der Waals surface area contributed by atoms with Crippen molar-refractivity contribution in [2.24, 2.45) is 5.92 Å². The molecule has 0 aliphatic carbocycles. The zero-order chi connectivity index (χ0) is 15.8.